The highest BCUT2D eigenvalue weighted by Crippen LogP contribution is 2.17. The molecule has 0 bridgehead atoms. The fourth-order valence-electron chi connectivity index (χ4n) is 1.98. The SMILES string of the molecule is Cc1ccc(F)cc1NC(=O)c1ccc(-n2cccn2)nc1. The highest BCUT2D eigenvalue weighted by molar-refractivity contribution is 6.04. The normalized spacial score (nSPS) is 10.5. The molecule has 0 unspecified atom stereocenters. The number of benzene rings is 1. The van der Waals surface area contributed by atoms with Crippen LogP contribution in [0, 0.1) is 12.7 Å². The van der Waals surface area contributed by atoms with Gasteiger partial charge in [-0.3, -0.25) is 4.79 Å². The number of rotatable bonds is 3. The summed E-state index contributed by atoms with van der Waals surface area (Å²) < 4.78 is 14.8. The lowest BCUT2D eigenvalue weighted by Gasteiger charge is -2.08. The molecule has 1 aromatic carbocycles. The number of hydrogen-bond acceptors (Lipinski definition) is 3. The van der Waals surface area contributed by atoms with Crippen LogP contribution in [-0.2, 0) is 0 Å². The van der Waals surface area contributed by atoms with Crippen LogP contribution in [0.25, 0.3) is 5.82 Å². The van der Waals surface area contributed by atoms with Gasteiger partial charge in [0.15, 0.2) is 5.82 Å². The Morgan fingerprint density at radius 1 is 1.27 bits per heavy atom. The van der Waals surface area contributed by atoms with E-state index in [0.29, 0.717) is 17.1 Å². The summed E-state index contributed by atoms with van der Waals surface area (Å²) in [6.45, 7) is 1.80. The van der Waals surface area contributed by atoms with Crippen LogP contribution < -0.4 is 5.32 Å². The van der Waals surface area contributed by atoms with Gasteiger partial charge < -0.3 is 5.32 Å². The standard InChI is InChI=1S/C16H13FN4O/c1-11-3-5-13(17)9-14(11)20-16(22)12-4-6-15(18-10-12)21-8-2-7-19-21/h2-10H,1H3,(H,20,22). The molecule has 22 heavy (non-hydrogen) atoms. The molecule has 0 aliphatic carbocycles. The number of nitrogens with one attached hydrogen (secondary N) is 1. The Balaban J connectivity index is 1.79. The third kappa shape index (κ3) is 2.85. The van der Waals surface area contributed by atoms with Gasteiger partial charge in [0.05, 0.1) is 5.56 Å². The van der Waals surface area contributed by atoms with E-state index in [1.54, 1.807) is 48.3 Å². The molecule has 0 fully saturated rings. The zero-order chi connectivity index (χ0) is 15.5. The molecule has 0 aliphatic heterocycles. The number of aromatic nitrogens is 3. The molecular weight excluding hydrogens is 283 g/mol. The smallest absolute Gasteiger partial charge is 0.257 e. The van der Waals surface area contributed by atoms with E-state index < -0.39 is 5.82 Å². The Hall–Kier alpha value is -3.02. The van der Waals surface area contributed by atoms with Gasteiger partial charge in [-0.05, 0) is 42.8 Å². The van der Waals surface area contributed by atoms with E-state index in [-0.39, 0.29) is 5.91 Å². The lowest BCUT2D eigenvalue weighted by molar-refractivity contribution is 0.102. The Kier molecular flexibility index (Phi) is 3.65. The number of halogens is 1. The van der Waals surface area contributed by atoms with Gasteiger partial charge in [0.25, 0.3) is 5.91 Å². The largest absolute Gasteiger partial charge is 0.322 e. The van der Waals surface area contributed by atoms with Gasteiger partial charge in [-0.25, -0.2) is 14.1 Å². The van der Waals surface area contributed by atoms with E-state index in [2.05, 4.69) is 15.4 Å². The van der Waals surface area contributed by atoms with Gasteiger partial charge in [-0.15, -0.1) is 0 Å². The minimum absolute atomic E-state index is 0.340. The van der Waals surface area contributed by atoms with Gasteiger partial charge in [-0.2, -0.15) is 5.10 Å². The fourth-order valence-corrected chi connectivity index (χ4v) is 1.98. The molecule has 0 radical (unpaired) electrons. The second kappa shape index (κ2) is 5.77. The van der Waals surface area contributed by atoms with E-state index in [4.69, 9.17) is 0 Å². The first kappa shape index (κ1) is 13.9. The number of carbonyl (C=O) groups excluding carboxylic acids is 1. The second-order valence-corrected chi connectivity index (χ2v) is 4.77. The summed E-state index contributed by atoms with van der Waals surface area (Å²) >= 11 is 0. The third-order valence-corrected chi connectivity index (χ3v) is 3.20. The Labute approximate surface area is 126 Å². The van der Waals surface area contributed by atoms with Crippen molar-refractivity contribution < 1.29 is 9.18 Å². The maximum absolute atomic E-state index is 13.2. The van der Waals surface area contributed by atoms with Gasteiger partial charge in [0, 0.05) is 24.3 Å². The number of nitrogens with zero attached hydrogens (tertiary/aromatic N) is 3. The summed E-state index contributed by atoms with van der Waals surface area (Å²) in [7, 11) is 0. The number of aryl methyl sites for hydroxylation is 1. The van der Waals surface area contributed by atoms with Crippen molar-refractivity contribution in [2.75, 3.05) is 5.32 Å². The van der Waals surface area contributed by atoms with Crippen molar-refractivity contribution in [2.24, 2.45) is 0 Å². The maximum atomic E-state index is 13.2. The summed E-state index contributed by atoms with van der Waals surface area (Å²) in [4.78, 5) is 16.4. The van der Waals surface area contributed by atoms with Crippen molar-refractivity contribution in [1.29, 1.82) is 0 Å². The van der Waals surface area contributed by atoms with Crippen LogP contribution in [0.15, 0.2) is 55.0 Å². The predicted molar refractivity (Wildman–Crippen MR) is 80.4 cm³/mol. The second-order valence-electron chi connectivity index (χ2n) is 4.77. The van der Waals surface area contributed by atoms with E-state index in [1.807, 2.05) is 0 Å². The molecule has 0 spiro atoms. The predicted octanol–water partition coefficient (Wildman–Crippen LogP) is 2.97. The molecule has 0 atom stereocenters. The van der Waals surface area contributed by atoms with Crippen LogP contribution >= 0.6 is 0 Å². The molecule has 0 saturated heterocycles. The van der Waals surface area contributed by atoms with Gasteiger partial charge in [0.1, 0.15) is 5.82 Å². The average Bonchev–Trinajstić information content (AvgIpc) is 3.05. The number of carbonyl (C=O) groups is 1. The van der Waals surface area contributed by atoms with Crippen molar-refractivity contribution in [3.05, 3.63) is 71.9 Å². The highest BCUT2D eigenvalue weighted by Gasteiger charge is 2.09. The Morgan fingerprint density at radius 2 is 2.14 bits per heavy atom. The number of hydrogen-bond donors (Lipinski definition) is 1. The molecule has 2 heterocycles. The van der Waals surface area contributed by atoms with Crippen LogP contribution in [0.5, 0.6) is 0 Å². The Bertz CT molecular complexity index is 798. The van der Waals surface area contributed by atoms with E-state index in [9.17, 15) is 9.18 Å². The van der Waals surface area contributed by atoms with Crippen LogP contribution in [0.3, 0.4) is 0 Å². The fraction of sp³-hybridized carbons (Fsp3) is 0.0625. The quantitative estimate of drug-likeness (QED) is 0.808. The average molecular weight is 296 g/mol. The maximum Gasteiger partial charge on any atom is 0.257 e. The monoisotopic (exact) mass is 296 g/mol. The first-order chi connectivity index (χ1) is 10.6. The number of anilines is 1. The third-order valence-electron chi connectivity index (χ3n) is 3.20. The molecule has 0 saturated carbocycles. The van der Waals surface area contributed by atoms with E-state index in [1.165, 1.54) is 18.3 Å². The lowest BCUT2D eigenvalue weighted by Crippen LogP contribution is -2.13. The molecule has 2 aromatic heterocycles. The zero-order valence-electron chi connectivity index (χ0n) is 11.8. The summed E-state index contributed by atoms with van der Waals surface area (Å²) in [5, 5.41) is 6.74. The van der Waals surface area contributed by atoms with Crippen LogP contribution in [0.1, 0.15) is 15.9 Å². The highest BCUT2D eigenvalue weighted by atomic mass is 19.1. The summed E-state index contributed by atoms with van der Waals surface area (Å²) in [6, 6.07) is 9.39. The molecule has 110 valence electrons. The molecule has 0 aliphatic rings. The summed E-state index contributed by atoms with van der Waals surface area (Å²) in [5.74, 6) is -0.121. The van der Waals surface area contributed by atoms with Gasteiger partial charge in [0.2, 0.25) is 0 Å². The first-order valence-electron chi connectivity index (χ1n) is 6.67. The molecular formula is C16H13FN4O. The molecule has 6 heteroatoms. The molecule has 3 rings (SSSR count). The molecule has 1 amide bonds. The number of pyridine rings is 1. The zero-order valence-corrected chi connectivity index (χ0v) is 11.8. The molecule has 5 nitrogen and oxygen atoms in total. The van der Waals surface area contributed by atoms with Crippen molar-refractivity contribution in [3.63, 3.8) is 0 Å². The minimum Gasteiger partial charge on any atom is -0.322 e. The van der Waals surface area contributed by atoms with Crippen molar-refractivity contribution in [2.45, 2.75) is 6.92 Å². The first-order valence-corrected chi connectivity index (χ1v) is 6.67. The minimum atomic E-state index is -0.395. The topological polar surface area (TPSA) is 59.8 Å². The van der Waals surface area contributed by atoms with Crippen molar-refractivity contribution in [3.8, 4) is 5.82 Å². The van der Waals surface area contributed by atoms with E-state index >= 15 is 0 Å². The van der Waals surface area contributed by atoms with Crippen LogP contribution in [0.4, 0.5) is 10.1 Å². The van der Waals surface area contributed by atoms with Crippen molar-refractivity contribution in [1.82, 2.24) is 14.8 Å². The van der Waals surface area contributed by atoms with Crippen molar-refractivity contribution >= 4 is 11.6 Å². The van der Waals surface area contributed by atoms with Crippen LogP contribution in [0.2, 0.25) is 0 Å². The lowest BCUT2D eigenvalue weighted by atomic mass is 10.2. The Morgan fingerprint density at radius 3 is 2.82 bits per heavy atom. The summed E-state index contributed by atoms with van der Waals surface area (Å²) in [6.07, 6.45) is 4.87. The molecule has 1 N–H and O–H groups in total. The van der Waals surface area contributed by atoms with Crippen LogP contribution in [-0.4, -0.2) is 20.7 Å². The van der Waals surface area contributed by atoms with Gasteiger partial charge in [-0.1, -0.05) is 6.07 Å². The van der Waals surface area contributed by atoms with E-state index in [0.717, 1.165) is 5.56 Å². The molecule has 3 aromatic rings. The number of amides is 1. The summed E-state index contributed by atoms with van der Waals surface area (Å²) in [5.41, 5.74) is 1.62. The van der Waals surface area contributed by atoms with Gasteiger partial charge >= 0.3 is 0 Å².